The van der Waals surface area contributed by atoms with Crippen LogP contribution in [0.15, 0.2) is 53.5 Å². The number of rotatable bonds is 5. The minimum absolute atomic E-state index is 0.145. The second kappa shape index (κ2) is 7.64. The van der Waals surface area contributed by atoms with Gasteiger partial charge in [0.25, 0.3) is 5.91 Å². The van der Waals surface area contributed by atoms with Gasteiger partial charge in [-0.3, -0.25) is 9.69 Å². The molecule has 0 saturated carbocycles. The van der Waals surface area contributed by atoms with Crippen molar-refractivity contribution in [2.24, 2.45) is 4.99 Å². The van der Waals surface area contributed by atoms with Crippen LogP contribution in [0.5, 0.6) is 11.5 Å². The standard InChI is InChI=1S/C24H20FN3O4/c1-14-9-17(15(2)28(14)18-7-8-21-22(11-18)32-13-31-21)10-20-23(29)27(24(30)26-20)12-16-5-3-4-6-19(16)25/h3-9,11H,10,12-13H2,1-2H3. The zero-order valence-electron chi connectivity index (χ0n) is 17.6. The first kappa shape index (κ1) is 20.0. The topological polar surface area (TPSA) is 73.1 Å². The molecular weight excluding hydrogens is 413 g/mol. The number of ether oxygens (including phenoxy) is 2. The summed E-state index contributed by atoms with van der Waals surface area (Å²) < 4.78 is 26.9. The van der Waals surface area contributed by atoms with Crippen LogP contribution in [-0.2, 0) is 17.8 Å². The smallest absolute Gasteiger partial charge is 0.351 e. The van der Waals surface area contributed by atoms with Crippen LogP contribution in [0, 0.1) is 19.7 Å². The van der Waals surface area contributed by atoms with Crippen LogP contribution in [0.25, 0.3) is 5.69 Å². The molecule has 2 aliphatic heterocycles. The van der Waals surface area contributed by atoms with E-state index in [-0.39, 0.29) is 31.0 Å². The third-order valence-corrected chi connectivity index (χ3v) is 5.75. The van der Waals surface area contributed by atoms with Gasteiger partial charge < -0.3 is 14.0 Å². The fourth-order valence-corrected chi connectivity index (χ4v) is 4.13. The fourth-order valence-electron chi connectivity index (χ4n) is 4.13. The molecule has 3 aromatic rings. The highest BCUT2D eigenvalue weighted by atomic mass is 19.1. The molecule has 0 fully saturated rings. The maximum absolute atomic E-state index is 14.0. The molecule has 7 nitrogen and oxygen atoms in total. The van der Waals surface area contributed by atoms with Crippen LogP contribution in [-0.4, -0.2) is 33.9 Å². The highest BCUT2D eigenvalue weighted by Gasteiger charge is 2.34. The lowest BCUT2D eigenvalue weighted by Crippen LogP contribution is -2.33. The van der Waals surface area contributed by atoms with Gasteiger partial charge in [0.1, 0.15) is 11.5 Å². The summed E-state index contributed by atoms with van der Waals surface area (Å²) in [6.45, 7) is 3.97. The number of aryl methyl sites for hydroxylation is 1. The first-order chi connectivity index (χ1) is 15.4. The monoisotopic (exact) mass is 433 g/mol. The predicted molar refractivity (Wildman–Crippen MR) is 115 cm³/mol. The molecule has 3 heterocycles. The lowest BCUT2D eigenvalue weighted by Gasteiger charge is -2.13. The number of aromatic nitrogens is 1. The van der Waals surface area contributed by atoms with Crippen LogP contribution < -0.4 is 9.47 Å². The Morgan fingerprint density at radius 2 is 1.78 bits per heavy atom. The molecule has 2 aliphatic rings. The molecule has 1 aromatic heterocycles. The second-order valence-corrected chi connectivity index (χ2v) is 7.77. The maximum atomic E-state index is 14.0. The van der Waals surface area contributed by atoms with E-state index in [1.54, 1.807) is 18.2 Å². The molecule has 0 atom stereocenters. The Hall–Kier alpha value is -3.94. The summed E-state index contributed by atoms with van der Waals surface area (Å²) in [6.07, 6.45) is 0.211. The number of urea groups is 1. The largest absolute Gasteiger partial charge is 0.454 e. The number of carbonyl (C=O) groups excluding carboxylic acids is 2. The maximum Gasteiger partial charge on any atom is 0.351 e. The van der Waals surface area contributed by atoms with Gasteiger partial charge in [0.2, 0.25) is 6.79 Å². The summed E-state index contributed by atoms with van der Waals surface area (Å²) >= 11 is 0. The molecule has 0 spiro atoms. The molecule has 5 rings (SSSR count). The van der Waals surface area contributed by atoms with Gasteiger partial charge in [-0.1, -0.05) is 18.2 Å². The Morgan fingerprint density at radius 1 is 1.00 bits per heavy atom. The normalized spacial score (nSPS) is 15.0. The van der Waals surface area contributed by atoms with Gasteiger partial charge in [-0.2, -0.15) is 4.99 Å². The quantitative estimate of drug-likeness (QED) is 0.607. The van der Waals surface area contributed by atoms with E-state index < -0.39 is 17.8 Å². The average molecular weight is 433 g/mol. The fraction of sp³-hybridized carbons (Fsp3) is 0.208. The molecule has 162 valence electrons. The Balaban J connectivity index is 1.38. The van der Waals surface area contributed by atoms with Crippen molar-refractivity contribution in [1.82, 2.24) is 9.47 Å². The van der Waals surface area contributed by atoms with E-state index in [0.717, 1.165) is 27.5 Å². The number of nitrogens with zero attached hydrogens (tertiary/aromatic N) is 3. The van der Waals surface area contributed by atoms with Crippen molar-refractivity contribution in [2.75, 3.05) is 6.79 Å². The highest BCUT2D eigenvalue weighted by molar-refractivity contribution is 6.46. The van der Waals surface area contributed by atoms with Crippen LogP contribution >= 0.6 is 0 Å². The summed E-state index contributed by atoms with van der Waals surface area (Å²) in [6, 6.07) is 13.1. The van der Waals surface area contributed by atoms with Crippen molar-refractivity contribution in [3.8, 4) is 17.2 Å². The number of carbonyl (C=O) groups is 2. The zero-order chi connectivity index (χ0) is 22.4. The molecule has 32 heavy (non-hydrogen) atoms. The van der Waals surface area contributed by atoms with Gasteiger partial charge in [-0.25, -0.2) is 9.18 Å². The summed E-state index contributed by atoms with van der Waals surface area (Å²) in [5.41, 5.74) is 4.11. The minimum Gasteiger partial charge on any atom is -0.454 e. The molecule has 0 unspecified atom stereocenters. The van der Waals surface area contributed by atoms with Crippen molar-refractivity contribution in [3.63, 3.8) is 0 Å². The van der Waals surface area contributed by atoms with Crippen molar-refractivity contribution in [1.29, 1.82) is 0 Å². The molecular formula is C24H20FN3O4. The van der Waals surface area contributed by atoms with Crippen LogP contribution in [0.4, 0.5) is 9.18 Å². The number of amides is 3. The molecule has 2 aromatic carbocycles. The predicted octanol–water partition coefficient (Wildman–Crippen LogP) is 4.11. The van der Waals surface area contributed by atoms with Gasteiger partial charge in [-0.15, -0.1) is 0 Å². The SMILES string of the molecule is Cc1cc(CC2=NC(=O)N(Cc3ccccc3F)C2=O)c(C)n1-c1ccc2c(c1)OCO2. The molecule has 8 heteroatoms. The van der Waals surface area contributed by atoms with Gasteiger partial charge in [-0.05, 0) is 43.7 Å². The van der Waals surface area contributed by atoms with E-state index in [1.807, 2.05) is 38.1 Å². The number of hydrogen-bond donors (Lipinski definition) is 0. The summed E-state index contributed by atoms with van der Waals surface area (Å²) in [7, 11) is 0. The van der Waals surface area contributed by atoms with Crippen LogP contribution in [0.2, 0.25) is 0 Å². The molecule has 0 radical (unpaired) electrons. The Labute approximate surface area is 183 Å². The Morgan fingerprint density at radius 3 is 2.59 bits per heavy atom. The summed E-state index contributed by atoms with van der Waals surface area (Å²) in [5.74, 6) is 0.428. The van der Waals surface area contributed by atoms with Gasteiger partial charge >= 0.3 is 6.03 Å². The lowest BCUT2D eigenvalue weighted by molar-refractivity contribution is -0.121. The second-order valence-electron chi connectivity index (χ2n) is 7.77. The summed E-state index contributed by atoms with van der Waals surface area (Å²) in [5, 5.41) is 0. The van der Waals surface area contributed by atoms with Crippen LogP contribution in [0.1, 0.15) is 22.5 Å². The minimum atomic E-state index is -0.669. The third-order valence-electron chi connectivity index (χ3n) is 5.75. The van der Waals surface area contributed by atoms with E-state index in [1.165, 1.54) is 6.07 Å². The molecule has 3 amide bonds. The molecule has 0 saturated heterocycles. The molecule has 0 aliphatic carbocycles. The van der Waals surface area contributed by atoms with Gasteiger partial charge in [0, 0.05) is 35.1 Å². The highest BCUT2D eigenvalue weighted by Crippen LogP contribution is 2.35. The Bertz CT molecular complexity index is 1290. The molecule has 0 N–H and O–H groups in total. The number of halogens is 1. The van der Waals surface area contributed by atoms with Crippen molar-refractivity contribution in [2.45, 2.75) is 26.8 Å². The average Bonchev–Trinajstić information content (AvgIpc) is 3.42. The number of hydrogen-bond acceptors (Lipinski definition) is 4. The number of benzene rings is 2. The van der Waals surface area contributed by atoms with Crippen LogP contribution in [0.3, 0.4) is 0 Å². The van der Waals surface area contributed by atoms with E-state index in [9.17, 15) is 14.0 Å². The Kier molecular flexibility index (Phi) is 4.77. The number of imide groups is 1. The van der Waals surface area contributed by atoms with E-state index in [4.69, 9.17) is 9.47 Å². The van der Waals surface area contributed by atoms with E-state index in [0.29, 0.717) is 11.5 Å². The van der Waals surface area contributed by atoms with Crippen molar-refractivity contribution < 1.29 is 23.5 Å². The number of aliphatic imine (C=N–C) groups is 1. The van der Waals surface area contributed by atoms with Gasteiger partial charge in [0.05, 0.1) is 6.54 Å². The lowest BCUT2D eigenvalue weighted by atomic mass is 10.1. The number of fused-ring (bicyclic) bond motifs is 1. The molecule has 0 bridgehead atoms. The first-order valence-electron chi connectivity index (χ1n) is 10.2. The zero-order valence-corrected chi connectivity index (χ0v) is 17.6. The van der Waals surface area contributed by atoms with Gasteiger partial charge in [0.15, 0.2) is 11.5 Å². The van der Waals surface area contributed by atoms with Crippen molar-refractivity contribution in [3.05, 3.63) is 76.9 Å². The van der Waals surface area contributed by atoms with Crippen molar-refractivity contribution >= 4 is 17.6 Å². The van der Waals surface area contributed by atoms with E-state index >= 15 is 0 Å². The first-order valence-corrected chi connectivity index (χ1v) is 10.2. The summed E-state index contributed by atoms with van der Waals surface area (Å²) in [4.78, 5) is 30.1. The van der Waals surface area contributed by atoms with E-state index in [2.05, 4.69) is 9.56 Å². The third kappa shape index (κ3) is 3.33.